The standard InChI is InChI=1S/C12H14O4/c1-7-6-8(13)10(15)12(9(7)14)5-4-11(2,3)16-12/h6H,4-5H2,1-3H3. The molecule has 1 aliphatic heterocycles. The Hall–Kier alpha value is -1.29. The summed E-state index contributed by atoms with van der Waals surface area (Å²) >= 11 is 0. The number of carbonyl (C=O) groups is 3. The van der Waals surface area contributed by atoms with E-state index in [0.717, 1.165) is 6.08 Å². The van der Waals surface area contributed by atoms with E-state index >= 15 is 0 Å². The maximum absolute atomic E-state index is 12.0. The van der Waals surface area contributed by atoms with Crippen molar-refractivity contribution in [3.05, 3.63) is 11.6 Å². The highest BCUT2D eigenvalue weighted by Gasteiger charge is 2.58. The second kappa shape index (κ2) is 3.10. The number of allylic oxidation sites excluding steroid dienone is 1. The van der Waals surface area contributed by atoms with Crippen LogP contribution < -0.4 is 0 Å². The minimum Gasteiger partial charge on any atom is -0.353 e. The average Bonchev–Trinajstić information content (AvgIpc) is 2.51. The van der Waals surface area contributed by atoms with Crippen molar-refractivity contribution in [1.82, 2.24) is 0 Å². The minimum absolute atomic E-state index is 0.300. The smallest absolute Gasteiger partial charge is 0.242 e. The van der Waals surface area contributed by atoms with E-state index < -0.39 is 22.8 Å². The van der Waals surface area contributed by atoms with Gasteiger partial charge in [-0.15, -0.1) is 0 Å². The van der Waals surface area contributed by atoms with E-state index in [0.29, 0.717) is 18.4 Å². The van der Waals surface area contributed by atoms with Crippen molar-refractivity contribution < 1.29 is 19.1 Å². The fraction of sp³-hybridized carbons (Fsp3) is 0.583. The Kier molecular flexibility index (Phi) is 2.17. The van der Waals surface area contributed by atoms with Crippen molar-refractivity contribution in [3.63, 3.8) is 0 Å². The van der Waals surface area contributed by atoms with Gasteiger partial charge in [0.05, 0.1) is 5.60 Å². The Morgan fingerprint density at radius 3 is 2.25 bits per heavy atom. The summed E-state index contributed by atoms with van der Waals surface area (Å²) in [7, 11) is 0. The number of hydrogen-bond acceptors (Lipinski definition) is 4. The molecule has 1 saturated heterocycles. The van der Waals surface area contributed by atoms with Gasteiger partial charge in [-0.1, -0.05) is 0 Å². The van der Waals surface area contributed by atoms with Crippen LogP contribution in [0.3, 0.4) is 0 Å². The highest BCUT2D eigenvalue weighted by atomic mass is 16.5. The van der Waals surface area contributed by atoms with E-state index in [1.165, 1.54) is 0 Å². The van der Waals surface area contributed by atoms with Gasteiger partial charge in [-0.3, -0.25) is 14.4 Å². The summed E-state index contributed by atoms with van der Waals surface area (Å²) in [6.45, 7) is 5.18. The largest absolute Gasteiger partial charge is 0.353 e. The lowest BCUT2D eigenvalue weighted by molar-refractivity contribution is -0.164. The molecule has 1 spiro atoms. The van der Waals surface area contributed by atoms with Crippen molar-refractivity contribution in [2.24, 2.45) is 0 Å². The van der Waals surface area contributed by atoms with Gasteiger partial charge in [-0.25, -0.2) is 0 Å². The summed E-state index contributed by atoms with van der Waals surface area (Å²) in [4.78, 5) is 35.3. The molecular weight excluding hydrogens is 208 g/mol. The molecule has 4 heteroatoms. The third-order valence-electron chi connectivity index (χ3n) is 3.19. The molecule has 0 radical (unpaired) electrons. The van der Waals surface area contributed by atoms with Gasteiger partial charge in [0.1, 0.15) is 0 Å². The molecule has 0 aromatic rings. The van der Waals surface area contributed by atoms with Crippen LogP contribution in [0.2, 0.25) is 0 Å². The van der Waals surface area contributed by atoms with Gasteiger partial charge in [0.15, 0.2) is 11.4 Å². The van der Waals surface area contributed by atoms with Crippen LogP contribution in [-0.2, 0) is 19.1 Å². The second-order valence-corrected chi connectivity index (χ2v) is 5.04. The highest BCUT2D eigenvalue weighted by Crippen LogP contribution is 2.41. The summed E-state index contributed by atoms with van der Waals surface area (Å²) in [6.07, 6.45) is 2.00. The predicted molar refractivity (Wildman–Crippen MR) is 55.9 cm³/mol. The van der Waals surface area contributed by atoms with Crippen LogP contribution in [0.1, 0.15) is 33.6 Å². The number of carbonyl (C=O) groups excluding carboxylic acids is 3. The number of ketones is 3. The molecule has 2 aliphatic rings. The van der Waals surface area contributed by atoms with Gasteiger partial charge in [0.2, 0.25) is 11.6 Å². The Bertz CT molecular complexity index is 430. The lowest BCUT2D eigenvalue weighted by atomic mass is 9.80. The fourth-order valence-corrected chi connectivity index (χ4v) is 2.32. The van der Waals surface area contributed by atoms with Crippen LogP contribution >= 0.6 is 0 Å². The number of Topliss-reactive ketones (excluding diaryl/α,β-unsaturated/α-hetero) is 2. The highest BCUT2D eigenvalue weighted by molar-refractivity contribution is 6.52. The zero-order valence-electron chi connectivity index (χ0n) is 9.62. The van der Waals surface area contributed by atoms with Crippen LogP contribution in [0.15, 0.2) is 11.6 Å². The van der Waals surface area contributed by atoms with Crippen LogP contribution in [-0.4, -0.2) is 28.6 Å². The molecule has 0 aromatic carbocycles. The average molecular weight is 222 g/mol. The van der Waals surface area contributed by atoms with Crippen molar-refractivity contribution in [1.29, 1.82) is 0 Å². The van der Waals surface area contributed by atoms with Gasteiger partial charge >= 0.3 is 0 Å². The normalized spacial score (nSPS) is 33.4. The van der Waals surface area contributed by atoms with Gasteiger partial charge in [-0.05, 0) is 45.3 Å². The third-order valence-corrected chi connectivity index (χ3v) is 3.19. The van der Waals surface area contributed by atoms with Crippen LogP contribution in [0.25, 0.3) is 0 Å². The zero-order chi connectivity index (χ0) is 12.1. The first-order valence-corrected chi connectivity index (χ1v) is 5.31. The van der Waals surface area contributed by atoms with E-state index in [-0.39, 0.29) is 5.78 Å². The monoisotopic (exact) mass is 222 g/mol. The second-order valence-electron chi connectivity index (χ2n) is 5.04. The Morgan fingerprint density at radius 2 is 1.75 bits per heavy atom. The first kappa shape index (κ1) is 11.2. The molecule has 1 aliphatic carbocycles. The number of ether oxygens (including phenoxy) is 1. The summed E-state index contributed by atoms with van der Waals surface area (Å²) in [5, 5.41) is 0. The molecule has 1 unspecified atom stereocenters. The maximum Gasteiger partial charge on any atom is 0.242 e. The van der Waals surface area contributed by atoms with Crippen LogP contribution in [0.5, 0.6) is 0 Å². The van der Waals surface area contributed by atoms with Gasteiger partial charge in [-0.2, -0.15) is 0 Å². The quantitative estimate of drug-likeness (QED) is 0.453. The fourth-order valence-electron chi connectivity index (χ4n) is 2.32. The van der Waals surface area contributed by atoms with E-state index in [1.54, 1.807) is 6.92 Å². The molecule has 0 saturated carbocycles. The van der Waals surface area contributed by atoms with Crippen LogP contribution in [0, 0.1) is 0 Å². The molecule has 1 atom stereocenters. The summed E-state index contributed by atoms with van der Waals surface area (Å²) in [6, 6.07) is 0. The van der Waals surface area contributed by atoms with E-state index in [9.17, 15) is 14.4 Å². The van der Waals surface area contributed by atoms with Gasteiger partial charge in [0.25, 0.3) is 0 Å². The summed E-state index contributed by atoms with van der Waals surface area (Å²) < 4.78 is 5.58. The maximum atomic E-state index is 12.0. The van der Waals surface area contributed by atoms with Gasteiger partial charge < -0.3 is 4.74 Å². The Balaban J connectivity index is 2.49. The summed E-state index contributed by atoms with van der Waals surface area (Å²) in [5.41, 5.74) is -1.75. The first-order chi connectivity index (χ1) is 7.28. The molecule has 0 aromatic heterocycles. The van der Waals surface area contributed by atoms with E-state index in [4.69, 9.17) is 4.74 Å². The third kappa shape index (κ3) is 1.37. The lowest BCUT2D eigenvalue weighted by Crippen LogP contribution is -2.53. The Morgan fingerprint density at radius 1 is 1.12 bits per heavy atom. The predicted octanol–water partition coefficient (Wildman–Crippen LogP) is 0.981. The molecule has 4 nitrogen and oxygen atoms in total. The molecule has 0 bridgehead atoms. The minimum atomic E-state index is -1.53. The number of rotatable bonds is 0. The zero-order valence-corrected chi connectivity index (χ0v) is 9.62. The molecule has 0 N–H and O–H groups in total. The molecule has 16 heavy (non-hydrogen) atoms. The molecule has 1 heterocycles. The van der Waals surface area contributed by atoms with Crippen molar-refractivity contribution in [3.8, 4) is 0 Å². The molecule has 0 amide bonds. The molecular formula is C12H14O4. The van der Waals surface area contributed by atoms with Crippen molar-refractivity contribution in [2.75, 3.05) is 0 Å². The first-order valence-electron chi connectivity index (χ1n) is 5.31. The Labute approximate surface area is 93.7 Å². The van der Waals surface area contributed by atoms with E-state index in [2.05, 4.69) is 0 Å². The van der Waals surface area contributed by atoms with E-state index in [1.807, 2.05) is 13.8 Å². The topological polar surface area (TPSA) is 60.4 Å². The van der Waals surface area contributed by atoms with Gasteiger partial charge in [0, 0.05) is 0 Å². The summed E-state index contributed by atoms with van der Waals surface area (Å²) in [5.74, 6) is -1.70. The lowest BCUT2D eigenvalue weighted by Gasteiger charge is -2.30. The molecule has 86 valence electrons. The van der Waals surface area contributed by atoms with Crippen molar-refractivity contribution >= 4 is 17.3 Å². The SMILES string of the molecule is CC1=CC(=O)C(=O)C2(CCC(C)(C)O2)C1=O. The number of hydrogen-bond donors (Lipinski definition) is 0. The molecule has 2 rings (SSSR count). The molecule has 1 fully saturated rings. The van der Waals surface area contributed by atoms with Crippen molar-refractivity contribution in [2.45, 2.75) is 44.8 Å². The van der Waals surface area contributed by atoms with Crippen LogP contribution in [0.4, 0.5) is 0 Å².